The van der Waals surface area contributed by atoms with Crippen LogP contribution >= 0.6 is 11.3 Å². The van der Waals surface area contributed by atoms with Crippen LogP contribution in [-0.4, -0.2) is 52.8 Å². The van der Waals surface area contributed by atoms with Gasteiger partial charge in [-0.3, -0.25) is 9.59 Å². The number of hydrogen-bond acceptors (Lipinski definition) is 4. The zero-order chi connectivity index (χ0) is 17.1. The van der Waals surface area contributed by atoms with Crippen molar-refractivity contribution in [2.45, 2.75) is 57.9 Å². The number of aromatic nitrogens is 1. The third kappa shape index (κ3) is 3.79. The number of likely N-dealkylation sites (N-methyl/N-ethyl adjacent to an activating group) is 1. The summed E-state index contributed by atoms with van der Waals surface area (Å²) in [5.41, 5.74) is 2.93. The van der Waals surface area contributed by atoms with Crippen molar-refractivity contribution in [1.29, 1.82) is 0 Å². The summed E-state index contributed by atoms with van der Waals surface area (Å²) in [6.45, 7) is 3.35. The molecule has 1 aliphatic carbocycles. The van der Waals surface area contributed by atoms with E-state index < -0.39 is 0 Å². The smallest absolute Gasteiger partial charge is 0.227 e. The lowest BCUT2D eigenvalue weighted by Crippen LogP contribution is -2.49. The summed E-state index contributed by atoms with van der Waals surface area (Å²) in [5.74, 6) is 0.400. The minimum Gasteiger partial charge on any atom is -0.345 e. The average molecular weight is 350 g/mol. The molecule has 132 valence electrons. The number of piperidine rings is 1. The zero-order valence-corrected chi connectivity index (χ0v) is 15.5. The second kappa shape index (κ2) is 7.64. The molecule has 0 bridgehead atoms. The van der Waals surface area contributed by atoms with Crippen molar-refractivity contribution in [2.24, 2.45) is 5.92 Å². The van der Waals surface area contributed by atoms with Crippen molar-refractivity contribution in [2.75, 3.05) is 20.1 Å². The molecule has 3 rings (SSSR count). The van der Waals surface area contributed by atoms with Crippen LogP contribution in [-0.2, 0) is 16.0 Å². The molecule has 1 unspecified atom stereocenters. The average Bonchev–Trinajstić information content (AvgIpc) is 3.24. The Hall–Kier alpha value is -1.43. The largest absolute Gasteiger partial charge is 0.345 e. The molecule has 24 heavy (non-hydrogen) atoms. The molecule has 0 radical (unpaired) electrons. The highest BCUT2D eigenvalue weighted by molar-refractivity contribution is 7.09. The van der Waals surface area contributed by atoms with Gasteiger partial charge < -0.3 is 9.80 Å². The van der Waals surface area contributed by atoms with Gasteiger partial charge in [-0.05, 0) is 26.2 Å². The summed E-state index contributed by atoms with van der Waals surface area (Å²) in [4.78, 5) is 34.4. The summed E-state index contributed by atoms with van der Waals surface area (Å²) >= 11 is 1.65. The molecule has 2 fully saturated rings. The van der Waals surface area contributed by atoms with Crippen molar-refractivity contribution in [3.8, 4) is 0 Å². The number of thiazole rings is 1. The fourth-order valence-electron chi connectivity index (χ4n) is 3.90. The predicted molar refractivity (Wildman–Crippen MR) is 94.9 cm³/mol. The number of nitrogens with zero attached hydrogens (tertiary/aromatic N) is 3. The maximum absolute atomic E-state index is 12.8. The number of likely N-dealkylation sites (tertiary alicyclic amines) is 1. The monoisotopic (exact) mass is 349 g/mol. The molecule has 0 spiro atoms. The topological polar surface area (TPSA) is 53.5 Å². The van der Waals surface area contributed by atoms with E-state index >= 15 is 0 Å². The van der Waals surface area contributed by atoms with E-state index in [4.69, 9.17) is 0 Å². The van der Waals surface area contributed by atoms with Crippen molar-refractivity contribution < 1.29 is 9.59 Å². The quantitative estimate of drug-likeness (QED) is 0.821. The van der Waals surface area contributed by atoms with Crippen LogP contribution in [0, 0.1) is 12.8 Å². The van der Waals surface area contributed by atoms with Gasteiger partial charge in [-0.2, -0.15) is 0 Å². The highest BCUT2D eigenvalue weighted by atomic mass is 32.1. The van der Waals surface area contributed by atoms with Gasteiger partial charge in [-0.1, -0.05) is 12.8 Å². The Kier molecular flexibility index (Phi) is 5.54. The molecular formula is C18H27N3O2S. The van der Waals surface area contributed by atoms with Crippen LogP contribution in [0.2, 0.25) is 0 Å². The van der Waals surface area contributed by atoms with Crippen LogP contribution in [0.3, 0.4) is 0 Å². The van der Waals surface area contributed by atoms with E-state index in [2.05, 4.69) is 4.98 Å². The molecule has 0 N–H and O–H groups in total. The van der Waals surface area contributed by atoms with E-state index in [9.17, 15) is 9.59 Å². The van der Waals surface area contributed by atoms with Gasteiger partial charge in [0.15, 0.2) is 0 Å². The third-order valence-corrected chi connectivity index (χ3v) is 6.45. The number of carbonyl (C=O) groups is 2. The van der Waals surface area contributed by atoms with Gasteiger partial charge in [0.25, 0.3) is 0 Å². The van der Waals surface area contributed by atoms with Gasteiger partial charge in [0.05, 0.1) is 17.1 Å². The Balaban J connectivity index is 1.55. The van der Waals surface area contributed by atoms with E-state index in [1.54, 1.807) is 11.3 Å². The van der Waals surface area contributed by atoms with Crippen molar-refractivity contribution >= 4 is 23.2 Å². The minimum atomic E-state index is -0.0316. The number of amides is 2. The van der Waals surface area contributed by atoms with E-state index in [0.717, 1.165) is 31.5 Å². The lowest BCUT2D eigenvalue weighted by atomic mass is 9.94. The summed E-state index contributed by atoms with van der Waals surface area (Å²) in [5, 5.41) is 0. The molecule has 1 saturated heterocycles. The van der Waals surface area contributed by atoms with Crippen LogP contribution in [0.15, 0.2) is 5.51 Å². The van der Waals surface area contributed by atoms with Crippen molar-refractivity contribution in [3.63, 3.8) is 0 Å². The standard InChI is InChI=1S/C18H27N3O2S/c1-13-16(24-12-19-13)9-10-20(2)18(23)14-7-8-17(22)21(11-14)15-5-3-4-6-15/h12,14-15H,3-11H2,1-2H3. The van der Waals surface area contributed by atoms with Gasteiger partial charge in [-0.25, -0.2) is 4.98 Å². The Morgan fingerprint density at radius 3 is 2.79 bits per heavy atom. The van der Waals surface area contributed by atoms with Crippen LogP contribution in [0.4, 0.5) is 0 Å². The normalized spacial score (nSPS) is 22.2. The lowest BCUT2D eigenvalue weighted by Gasteiger charge is -2.37. The molecule has 6 heteroatoms. The van der Waals surface area contributed by atoms with Gasteiger partial charge in [0, 0.05) is 43.9 Å². The molecule has 2 aliphatic rings. The summed E-state index contributed by atoms with van der Waals surface area (Å²) in [7, 11) is 1.88. The minimum absolute atomic E-state index is 0.0316. The van der Waals surface area contributed by atoms with Gasteiger partial charge in [0.1, 0.15) is 0 Å². The molecule has 0 aromatic carbocycles. The van der Waals surface area contributed by atoms with E-state index in [1.165, 1.54) is 17.7 Å². The maximum atomic E-state index is 12.8. The highest BCUT2D eigenvalue weighted by Crippen LogP contribution is 2.29. The number of carbonyl (C=O) groups excluding carboxylic acids is 2. The van der Waals surface area contributed by atoms with Crippen LogP contribution in [0.1, 0.15) is 49.1 Å². The number of rotatable bonds is 5. The summed E-state index contributed by atoms with van der Waals surface area (Å²) < 4.78 is 0. The first kappa shape index (κ1) is 17.4. The molecule has 1 aromatic heterocycles. The second-order valence-corrected chi connectivity index (χ2v) is 8.03. The molecule has 1 aromatic rings. The van der Waals surface area contributed by atoms with Crippen molar-refractivity contribution in [3.05, 3.63) is 16.1 Å². The Bertz CT molecular complexity index is 595. The van der Waals surface area contributed by atoms with Gasteiger partial charge in [-0.15, -0.1) is 11.3 Å². The van der Waals surface area contributed by atoms with E-state index in [0.29, 0.717) is 25.4 Å². The van der Waals surface area contributed by atoms with Gasteiger partial charge in [0.2, 0.25) is 11.8 Å². The summed E-state index contributed by atoms with van der Waals surface area (Å²) in [6.07, 6.45) is 6.71. The number of hydrogen-bond donors (Lipinski definition) is 0. The molecule has 5 nitrogen and oxygen atoms in total. The van der Waals surface area contributed by atoms with Crippen molar-refractivity contribution in [1.82, 2.24) is 14.8 Å². The first-order valence-electron chi connectivity index (χ1n) is 8.99. The first-order valence-corrected chi connectivity index (χ1v) is 9.87. The fraction of sp³-hybridized carbons (Fsp3) is 0.722. The Labute approximate surface area is 148 Å². The predicted octanol–water partition coefficient (Wildman–Crippen LogP) is 2.63. The Morgan fingerprint density at radius 1 is 1.38 bits per heavy atom. The number of aryl methyl sites for hydroxylation is 1. The molecule has 1 saturated carbocycles. The third-order valence-electron chi connectivity index (χ3n) is 5.45. The van der Waals surface area contributed by atoms with Crippen LogP contribution < -0.4 is 0 Å². The Morgan fingerprint density at radius 2 is 2.12 bits per heavy atom. The molecular weight excluding hydrogens is 322 g/mol. The maximum Gasteiger partial charge on any atom is 0.227 e. The lowest BCUT2D eigenvalue weighted by molar-refractivity contribution is -0.144. The van der Waals surface area contributed by atoms with Crippen LogP contribution in [0.5, 0.6) is 0 Å². The fourth-order valence-corrected chi connectivity index (χ4v) is 4.67. The molecule has 1 aliphatic heterocycles. The summed E-state index contributed by atoms with van der Waals surface area (Å²) in [6, 6.07) is 0.373. The first-order chi connectivity index (χ1) is 11.6. The van der Waals surface area contributed by atoms with Gasteiger partial charge >= 0.3 is 0 Å². The van der Waals surface area contributed by atoms with Crippen LogP contribution in [0.25, 0.3) is 0 Å². The second-order valence-electron chi connectivity index (χ2n) is 7.09. The highest BCUT2D eigenvalue weighted by Gasteiger charge is 2.36. The molecule has 1 atom stereocenters. The SMILES string of the molecule is Cc1ncsc1CCN(C)C(=O)C1CCC(=O)N(C2CCCC2)C1. The molecule has 2 amide bonds. The van der Waals surface area contributed by atoms with E-state index in [1.807, 2.05) is 29.3 Å². The molecule has 2 heterocycles. The van der Waals surface area contributed by atoms with E-state index in [-0.39, 0.29) is 17.7 Å². The zero-order valence-electron chi connectivity index (χ0n) is 14.7.